The summed E-state index contributed by atoms with van der Waals surface area (Å²) in [5.41, 5.74) is 6.07. The molecule has 2 rings (SSSR count). The Morgan fingerprint density at radius 3 is 2.47 bits per heavy atom. The molecule has 0 saturated heterocycles. The van der Waals surface area contributed by atoms with Gasteiger partial charge in [0.2, 0.25) is 0 Å². The number of aromatic nitrogens is 1. The van der Waals surface area contributed by atoms with Gasteiger partial charge in [0.25, 0.3) is 0 Å². The molecule has 1 unspecified atom stereocenters. The van der Waals surface area contributed by atoms with Gasteiger partial charge in [0.1, 0.15) is 0 Å². The normalized spacial score (nSPS) is 17.8. The van der Waals surface area contributed by atoms with E-state index in [4.69, 9.17) is 4.74 Å². The number of hydrogen-bond donors (Lipinski definition) is 1. The van der Waals surface area contributed by atoms with Crippen LogP contribution in [0.3, 0.4) is 0 Å². The molecule has 1 heterocycles. The largest absolute Gasteiger partial charge is 0.382 e. The molecule has 1 aromatic rings. The Morgan fingerprint density at radius 2 is 2.00 bits per heavy atom. The zero-order chi connectivity index (χ0) is 10.8. The molecule has 15 heavy (non-hydrogen) atoms. The van der Waals surface area contributed by atoms with E-state index in [-0.39, 0.29) is 0 Å². The number of methoxy groups -OCH3 is 1. The van der Waals surface area contributed by atoms with Gasteiger partial charge in [-0.1, -0.05) is 0 Å². The molecule has 1 aliphatic carbocycles. The Bertz CT molecular complexity index is 309. The average molecular weight is 208 g/mol. The van der Waals surface area contributed by atoms with Crippen LogP contribution in [0.4, 0.5) is 0 Å². The van der Waals surface area contributed by atoms with E-state index in [0.29, 0.717) is 6.04 Å². The highest BCUT2D eigenvalue weighted by atomic mass is 16.5. The summed E-state index contributed by atoms with van der Waals surface area (Å²) in [7, 11) is 1.77. The SMILES string of the molecule is COCC(Nn1c(C)ccc1C)C1CC1. The fourth-order valence-electron chi connectivity index (χ4n) is 1.99. The number of nitrogens with one attached hydrogen (secondary N) is 1. The molecule has 1 saturated carbocycles. The molecule has 1 aromatic heterocycles. The van der Waals surface area contributed by atoms with Crippen LogP contribution in [0.25, 0.3) is 0 Å². The third kappa shape index (κ3) is 2.34. The van der Waals surface area contributed by atoms with E-state index in [0.717, 1.165) is 12.5 Å². The highest BCUT2D eigenvalue weighted by molar-refractivity contribution is 5.16. The van der Waals surface area contributed by atoms with E-state index in [2.05, 4.69) is 36.1 Å². The molecule has 0 aliphatic heterocycles. The van der Waals surface area contributed by atoms with E-state index >= 15 is 0 Å². The van der Waals surface area contributed by atoms with Gasteiger partial charge >= 0.3 is 0 Å². The number of hydrogen-bond acceptors (Lipinski definition) is 2. The minimum atomic E-state index is 0.458. The first-order valence-electron chi connectivity index (χ1n) is 5.63. The molecular weight excluding hydrogens is 188 g/mol. The third-order valence-electron chi connectivity index (χ3n) is 3.10. The second kappa shape index (κ2) is 4.27. The van der Waals surface area contributed by atoms with Crippen molar-refractivity contribution in [3.05, 3.63) is 23.5 Å². The Kier molecular flexibility index (Phi) is 3.00. The van der Waals surface area contributed by atoms with Crippen molar-refractivity contribution in [2.75, 3.05) is 19.1 Å². The predicted octanol–water partition coefficient (Wildman–Crippen LogP) is 2.07. The Morgan fingerprint density at radius 1 is 1.40 bits per heavy atom. The number of aryl methyl sites for hydroxylation is 2. The quantitative estimate of drug-likeness (QED) is 0.801. The lowest BCUT2D eigenvalue weighted by Gasteiger charge is -2.22. The summed E-state index contributed by atoms with van der Waals surface area (Å²) < 4.78 is 7.43. The molecule has 1 fully saturated rings. The van der Waals surface area contributed by atoms with Crippen molar-refractivity contribution >= 4 is 0 Å². The number of nitrogens with zero attached hydrogens (tertiary/aromatic N) is 1. The summed E-state index contributed by atoms with van der Waals surface area (Å²) in [6.07, 6.45) is 2.67. The van der Waals surface area contributed by atoms with E-state index < -0.39 is 0 Å². The van der Waals surface area contributed by atoms with Crippen LogP contribution in [0.15, 0.2) is 12.1 Å². The van der Waals surface area contributed by atoms with Gasteiger partial charge in [0.15, 0.2) is 0 Å². The van der Waals surface area contributed by atoms with E-state index in [9.17, 15) is 0 Å². The van der Waals surface area contributed by atoms with Crippen molar-refractivity contribution in [1.29, 1.82) is 0 Å². The molecule has 1 atom stereocenters. The van der Waals surface area contributed by atoms with Gasteiger partial charge in [-0.15, -0.1) is 0 Å². The summed E-state index contributed by atoms with van der Waals surface area (Å²) >= 11 is 0. The van der Waals surface area contributed by atoms with Crippen molar-refractivity contribution in [3.8, 4) is 0 Å². The molecule has 1 aliphatic rings. The Labute approximate surface area is 91.4 Å². The van der Waals surface area contributed by atoms with Gasteiger partial charge in [-0.25, -0.2) is 0 Å². The lowest BCUT2D eigenvalue weighted by atomic mass is 10.2. The summed E-state index contributed by atoms with van der Waals surface area (Å²) in [6.45, 7) is 5.04. The second-order valence-corrected chi connectivity index (χ2v) is 4.48. The maximum Gasteiger partial charge on any atom is 0.0686 e. The maximum atomic E-state index is 5.26. The van der Waals surface area contributed by atoms with E-state index in [1.807, 2.05) is 0 Å². The van der Waals surface area contributed by atoms with Gasteiger partial charge in [0, 0.05) is 18.5 Å². The monoisotopic (exact) mass is 208 g/mol. The van der Waals surface area contributed by atoms with Crippen LogP contribution >= 0.6 is 0 Å². The zero-order valence-corrected chi connectivity index (χ0v) is 9.79. The molecule has 0 spiro atoms. The van der Waals surface area contributed by atoms with Gasteiger partial charge in [-0.2, -0.15) is 0 Å². The highest BCUT2D eigenvalue weighted by Crippen LogP contribution is 2.33. The molecule has 3 heteroatoms. The molecule has 1 N–H and O–H groups in total. The van der Waals surface area contributed by atoms with Crippen LogP contribution in [0.1, 0.15) is 24.2 Å². The zero-order valence-electron chi connectivity index (χ0n) is 9.79. The minimum absolute atomic E-state index is 0.458. The van der Waals surface area contributed by atoms with E-state index in [1.54, 1.807) is 7.11 Å². The first-order chi connectivity index (χ1) is 7.22. The number of ether oxygens (including phenoxy) is 1. The van der Waals surface area contributed by atoms with Crippen LogP contribution in [-0.4, -0.2) is 24.4 Å². The average Bonchev–Trinajstić information content (AvgIpc) is 3.00. The lowest BCUT2D eigenvalue weighted by molar-refractivity contribution is 0.174. The topological polar surface area (TPSA) is 26.2 Å². The summed E-state index contributed by atoms with van der Waals surface area (Å²) in [5.74, 6) is 0.797. The molecular formula is C12H20N2O. The molecule has 0 aromatic carbocycles. The van der Waals surface area contributed by atoms with Crippen molar-refractivity contribution in [2.45, 2.75) is 32.7 Å². The first-order valence-corrected chi connectivity index (χ1v) is 5.63. The maximum absolute atomic E-state index is 5.26. The summed E-state index contributed by atoms with van der Waals surface area (Å²) in [4.78, 5) is 0. The van der Waals surface area contributed by atoms with Crippen LogP contribution in [0, 0.1) is 19.8 Å². The van der Waals surface area contributed by atoms with Crippen LogP contribution in [0.2, 0.25) is 0 Å². The Balaban J connectivity index is 2.04. The third-order valence-corrected chi connectivity index (χ3v) is 3.10. The fourth-order valence-corrected chi connectivity index (χ4v) is 1.99. The van der Waals surface area contributed by atoms with Crippen LogP contribution in [0.5, 0.6) is 0 Å². The second-order valence-electron chi connectivity index (χ2n) is 4.48. The smallest absolute Gasteiger partial charge is 0.0686 e. The van der Waals surface area contributed by atoms with Gasteiger partial charge in [-0.3, -0.25) is 4.68 Å². The van der Waals surface area contributed by atoms with Crippen molar-refractivity contribution in [2.24, 2.45) is 5.92 Å². The summed E-state index contributed by atoms with van der Waals surface area (Å²) in [5, 5.41) is 0. The minimum Gasteiger partial charge on any atom is -0.382 e. The fraction of sp³-hybridized carbons (Fsp3) is 0.667. The van der Waals surface area contributed by atoms with Gasteiger partial charge in [0.05, 0.1) is 12.6 Å². The standard InChI is InChI=1S/C12H20N2O/c1-9-4-5-10(2)14(9)13-12(8-15-3)11-6-7-11/h4-5,11-13H,6-8H2,1-3H3. The highest BCUT2D eigenvalue weighted by Gasteiger charge is 2.31. The Hall–Kier alpha value is -0.960. The molecule has 3 nitrogen and oxygen atoms in total. The van der Waals surface area contributed by atoms with Crippen molar-refractivity contribution < 1.29 is 4.74 Å². The van der Waals surface area contributed by atoms with Crippen LogP contribution in [-0.2, 0) is 4.74 Å². The van der Waals surface area contributed by atoms with Crippen molar-refractivity contribution in [1.82, 2.24) is 4.68 Å². The summed E-state index contributed by atoms with van der Waals surface area (Å²) in [6, 6.07) is 4.73. The van der Waals surface area contributed by atoms with Crippen molar-refractivity contribution in [3.63, 3.8) is 0 Å². The predicted molar refractivity (Wildman–Crippen MR) is 61.7 cm³/mol. The molecule has 0 amide bonds. The molecule has 84 valence electrons. The first kappa shape index (κ1) is 10.6. The number of rotatable bonds is 5. The van der Waals surface area contributed by atoms with Crippen LogP contribution < -0.4 is 5.43 Å². The van der Waals surface area contributed by atoms with Gasteiger partial charge < -0.3 is 10.2 Å². The molecule has 0 radical (unpaired) electrons. The lowest BCUT2D eigenvalue weighted by Crippen LogP contribution is -2.34. The van der Waals surface area contributed by atoms with E-state index in [1.165, 1.54) is 24.2 Å². The van der Waals surface area contributed by atoms with Gasteiger partial charge in [-0.05, 0) is 44.7 Å². The molecule has 0 bridgehead atoms.